The Morgan fingerprint density at radius 2 is 2.16 bits per heavy atom. The van der Waals surface area contributed by atoms with Gasteiger partial charge in [-0.05, 0) is 25.1 Å². The van der Waals surface area contributed by atoms with Crippen LogP contribution in [0.2, 0.25) is 0 Å². The monoisotopic (exact) mass is 335 g/mol. The number of aromatic nitrogens is 3. The standard InChI is InChI=1S/C18H21N7/c1-10(19)13-5-4-6-14(22-13)15-7-11-16-12(8-21-9-25(16)3)17(20-2)24-18(11)23-15/h4-7,9-10H,8,19H2,1-3H3,(H2,20,23,24). The van der Waals surface area contributed by atoms with E-state index in [1.165, 1.54) is 0 Å². The Morgan fingerprint density at radius 1 is 1.32 bits per heavy atom. The highest BCUT2D eigenvalue weighted by Gasteiger charge is 2.21. The van der Waals surface area contributed by atoms with Gasteiger partial charge in [0.2, 0.25) is 0 Å². The molecule has 0 bridgehead atoms. The second-order valence-electron chi connectivity index (χ2n) is 6.29. The number of aliphatic imine (C=N–C) groups is 1. The minimum Gasteiger partial charge on any atom is -0.373 e. The number of pyridine rings is 2. The van der Waals surface area contributed by atoms with Gasteiger partial charge in [0.25, 0.3) is 0 Å². The molecule has 7 nitrogen and oxygen atoms in total. The average molecular weight is 335 g/mol. The highest BCUT2D eigenvalue weighted by molar-refractivity contribution is 6.02. The predicted octanol–water partition coefficient (Wildman–Crippen LogP) is 2.66. The molecule has 128 valence electrons. The van der Waals surface area contributed by atoms with Crippen molar-refractivity contribution in [3.63, 3.8) is 0 Å². The molecule has 0 spiro atoms. The van der Waals surface area contributed by atoms with E-state index in [1.807, 2.05) is 50.5 Å². The quantitative estimate of drug-likeness (QED) is 0.684. The maximum absolute atomic E-state index is 5.97. The molecule has 0 amide bonds. The molecule has 0 aliphatic carbocycles. The SMILES string of the molecule is CNc1nc2[nH]c(-c3cccc(C(C)N)n3)cc2c2c1CN=CN2C. The summed E-state index contributed by atoms with van der Waals surface area (Å²) in [5, 5.41) is 4.24. The molecule has 0 radical (unpaired) electrons. The van der Waals surface area contributed by atoms with Gasteiger partial charge < -0.3 is 20.9 Å². The Morgan fingerprint density at radius 3 is 2.92 bits per heavy atom. The van der Waals surface area contributed by atoms with E-state index in [9.17, 15) is 0 Å². The van der Waals surface area contributed by atoms with Crippen molar-refractivity contribution in [3.05, 3.63) is 35.5 Å². The zero-order valence-electron chi connectivity index (χ0n) is 14.5. The smallest absolute Gasteiger partial charge is 0.142 e. The van der Waals surface area contributed by atoms with Crippen molar-refractivity contribution >= 4 is 28.9 Å². The van der Waals surface area contributed by atoms with Gasteiger partial charge in [-0.1, -0.05) is 6.07 Å². The van der Waals surface area contributed by atoms with E-state index >= 15 is 0 Å². The van der Waals surface area contributed by atoms with Gasteiger partial charge in [0.05, 0.1) is 35.7 Å². The summed E-state index contributed by atoms with van der Waals surface area (Å²) in [5.74, 6) is 0.844. The van der Waals surface area contributed by atoms with Crippen LogP contribution in [0.4, 0.5) is 11.5 Å². The molecule has 3 aromatic heterocycles. The van der Waals surface area contributed by atoms with Gasteiger partial charge in [-0.2, -0.15) is 0 Å². The van der Waals surface area contributed by atoms with E-state index in [4.69, 9.17) is 10.7 Å². The number of rotatable bonds is 3. The molecular formula is C18H21N7. The molecule has 0 fully saturated rings. The van der Waals surface area contributed by atoms with Crippen molar-refractivity contribution in [3.8, 4) is 11.4 Å². The molecule has 3 aromatic rings. The molecule has 7 heteroatoms. The Kier molecular flexibility index (Phi) is 3.65. The second-order valence-corrected chi connectivity index (χ2v) is 6.29. The minimum atomic E-state index is -0.103. The zero-order chi connectivity index (χ0) is 17.6. The van der Waals surface area contributed by atoms with E-state index in [2.05, 4.69) is 26.3 Å². The lowest BCUT2D eigenvalue weighted by atomic mass is 10.1. The molecule has 0 aromatic carbocycles. The van der Waals surface area contributed by atoms with Crippen LogP contribution in [0.25, 0.3) is 22.4 Å². The average Bonchev–Trinajstić information content (AvgIpc) is 3.05. The van der Waals surface area contributed by atoms with Gasteiger partial charge in [0.15, 0.2) is 0 Å². The minimum absolute atomic E-state index is 0.103. The molecule has 4 heterocycles. The summed E-state index contributed by atoms with van der Waals surface area (Å²) in [7, 11) is 3.88. The number of aromatic amines is 1. The summed E-state index contributed by atoms with van der Waals surface area (Å²) in [4.78, 5) is 19.2. The highest BCUT2D eigenvalue weighted by Crippen LogP contribution is 2.37. The summed E-state index contributed by atoms with van der Waals surface area (Å²) in [5.41, 5.74) is 11.7. The van der Waals surface area contributed by atoms with E-state index in [0.717, 1.165) is 45.2 Å². The number of fused-ring (bicyclic) bond motifs is 3. The van der Waals surface area contributed by atoms with E-state index in [-0.39, 0.29) is 6.04 Å². The van der Waals surface area contributed by atoms with Crippen LogP contribution in [0.15, 0.2) is 29.3 Å². The lowest BCUT2D eigenvalue weighted by Gasteiger charge is -2.23. The number of anilines is 2. The molecule has 1 atom stereocenters. The first-order valence-corrected chi connectivity index (χ1v) is 8.27. The Balaban J connectivity index is 1.92. The van der Waals surface area contributed by atoms with E-state index in [0.29, 0.717) is 6.54 Å². The number of nitrogens with two attached hydrogens (primary N) is 1. The molecule has 4 rings (SSSR count). The van der Waals surface area contributed by atoms with Gasteiger partial charge in [-0.15, -0.1) is 0 Å². The number of nitrogens with zero attached hydrogens (tertiary/aromatic N) is 4. The predicted molar refractivity (Wildman–Crippen MR) is 102 cm³/mol. The third-order valence-electron chi connectivity index (χ3n) is 4.45. The van der Waals surface area contributed by atoms with Gasteiger partial charge >= 0.3 is 0 Å². The van der Waals surface area contributed by atoms with Crippen molar-refractivity contribution in [2.24, 2.45) is 10.7 Å². The van der Waals surface area contributed by atoms with Crippen LogP contribution in [0.1, 0.15) is 24.2 Å². The van der Waals surface area contributed by atoms with E-state index in [1.54, 1.807) is 0 Å². The molecule has 1 aliphatic rings. The number of hydrogen-bond donors (Lipinski definition) is 3. The fourth-order valence-electron chi connectivity index (χ4n) is 3.23. The van der Waals surface area contributed by atoms with Crippen molar-refractivity contribution < 1.29 is 0 Å². The number of nitrogens with one attached hydrogen (secondary N) is 2. The van der Waals surface area contributed by atoms with E-state index < -0.39 is 0 Å². The summed E-state index contributed by atoms with van der Waals surface area (Å²) in [6, 6.07) is 7.90. The lowest BCUT2D eigenvalue weighted by molar-refractivity contribution is 0.782. The Hall–Kier alpha value is -2.93. The van der Waals surface area contributed by atoms with Crippen LogP contribution in [0.5, 0.6) is 0 Å². The Bertz CT molecular complexity index is 971. The molecule has 1 unspecified atom stereocenters. The topological polar surface area (TPSA) is 95.2 Å². The molecule has 25 heavy (non-hydrogen) atoms. The molecular weight excluding hydrogens is 314 g/mol. The van der Waals surface area contributed by atoms with Crippen molar-refractivity contribution in [1.29, 1.82) is 0 Å². The summed E-state index contributed by atoms with van der Waals surface area (Å²) in [6.07, 6.45) is 1.85. The lowest BCUT2D eigenvalue weighted by Crippen LogP contribution is -2.21. The largest absolute Gasteiger partial charge is 0.373 e. The second kappa shape index (κ2) is 5.86. The van der Waals surface area contributed by atoms with Crippen LogP contribution in [-0.2, 0) is 6.54 Å². The van der Waals surface area contributed by atoms with Crippen LogP contribution >= 0.6 is 0 Å². The van der Waals surface area contributed by atoms with Gasteiger partial charge in [-0.3, -0.25) is 4.99 Å². The fraction of sp³-hybridized carbons (Fsp3) is 0.278. The van der Waals surface area contributed by atoms with Gasteiger partial charge in [-0.25, -0.2) is 9.97 Å². The first kappa shape index (κ1) is 15.6. The van der Waals surface area contributed by atoms with Crippen molar-refractivity contribution in [2.45, 2.75) is 19.5 Å². The van der Waals surface area contributed by atoms with Crippen LogP contribution in [0, 0.1) is 0 Å². The van der Waals surface area contributed by atoms with Crippen LogP contribution in [0.3, 0.4) is 0 Å². The van der Waals surface area contributed by atoms with Gasteiger partial charge in [0, 0.05) is 31.1 Å². The first-order chi connectivity index (χ1) is 12.1. The fourth-order valence-corrected chi connectivity index (χ4v) is 3.23. The summed E-state index contributed by atoms with van der Waals surface area (Å²) < 4.78 is 0. The molecule has 4 N–H and O–H groups in total. The van der Waals surface area contributed by atoms with Crippen molar-refractivity contribution in [1.82, 2.24) is 15.0 Å². The maximum atomic E-state index is 5.97. The third kappa shape index (κ3) is 2.53. The number of hydrogen-bond acceptors (Lipinski definition) is 6. The summed E-state index contributed by atoms with van der Waals surface area (Å²) >= 11 is 0. The zero-order valence-corrected chi connectivity index (χ0v) is 14.5. The number of H-pyrrole nitrogens is 1. The normalized spacial score (nSPS) is 14.6. The Labute approximate surface area is 146 Å². The van der Waals surface area contributed by atoms with Gasteiger partial charge in [0.1, 0.15) is 11.5 Å². The van der Waals surface area contributed by atoms with Crippen molar-refractivity contribution in [2.75, 3.05) is 24.3 Å². The van der Waals surface area contributed by atoms with Crippen LogP contribution in [-0.4, -0.2) is 35.4 Å². The first-order valence-electron chi connectivity index (χ1n) is 8.27. The highest BCUT2D eigenvalue weighted by atomic mass is 15.2. The molecule has 0 saturated carbocycles. The maximum Gasteiger partial charge on any atom is 0.142 e. The molecule has 0 saturated heterocycles. The summed E-state index contributed by atoms with van der Waals surface area (Å²) in [6.45, 7) is 2.56. The van der Waals surface area contributed by atoms with Crippen LogP contribution < -0.4 is 16.0 Å². The third-order valence-corrected chi connectivity index (χ3v) is 4.45. The molecule has 1 aliphatic heterocycles.